The first-order chi connectivity index (χ1) is 9.17. The summed E-state index contributed by atoms with van der Waals surface area (Å²) in [6, 6.07) is 9.88. The molecule has 2 aromatic rings. The first-order valence-corrected chi connectivity index (χ1v) is 6.85. The van der Waals surface area contributed by atoms with Crippen LogP contribution in [0.5, 0.6) is 0 Å². The summed E-state index contributed by atoms with van der Waals surface area (Å²) in [6.07, 6.45) is 4.41. The van der Waals surface area contributed by atoms with E-state index in [0.29, 0.717) is 11.7 Å². The fraction of sp³-hybridized carbons (Fsp3) is 0.467. The normalized spacial score (nSPS) is 27.4. The Morgan fingerprint density at radius 1 is 1.26 bits per heavy atom. The average molecular weight is 257 g/mol. The minimum atomic E-state index is -0.237. The largest absolute Gasteiger partial charge is 0.339 e. The maximum absolute atomic E-state index is 6.37. The maximum Gasteiger partial charge on any atom is 0.231 e. The van der Waals surface area contributed by atoms with Gasteiger partial charge in [0.05, 0.1) is 5.92 Å². The van der Waals surface area contributed by atoms with E-state index in [0.717, 1.165) is 18.4 Å². The predicted octanol–water partition coefficient (Wildman–Crippen LogP) is 3.11. The van der Waals surface area contributed by atoms with Gasteiger partial charge in [-0.05, 0) is 19.8 Å². The Morgan fingerprint density at radius 2 is 2.05 bits per heavy atom. The molecule has 0 saturated heterocycles. The van der Waals surface area contributed by atoms with E-state index in [1.165, 1.54) is 12.8 Å². The highest BCUT2D eigenvalue weighted by molar-refractivity contribution is 5.53. The predicted molar refractivity (Wildman–Crippen MR) is 73.5 cm³/mol. The first kappa shape index (κ1) is 12.4. The molecule has 0 bridgehead atoms. The van der Waals surface area contributed by atoms with Gasteiger partial charge in [0.15, 0.2) is 0 Å². The molecule has 3 rings (SSSR count). The highest BCUT2D eigenvalue weighted by Crippen LogP contribution is 2.38. The molecule has 1 aliphatic carbocycles. The van der Waals surface area contributed by atoms with Crippen LogP contribution in [0.1, 0.15) is 44.4 Å². The lowest BCUT2D eigenvalue weighted by atomic mass is 9.74. The molecular weight excluding hydrogens is 238 g/mol. The van der Waals surface area contributed by atoms with Crippen LogP contribution >= 0.6 is 0 Å². The van der Waals surface area contributed by atoms with Gasteiger partial charge in [-0.1, -0.05) is 48.3 Å². The van der Waals surface area contributed by atoms with E-state index in [1.54, 1.807) is 0 Å². The van der Waals surface area contributed by atoms with Crippen molar-refractivity contribution >= 4 is 0 Å². The van der Waals surface area contributed by atoms with Gasteiger partial charge in [-0.15, -0.1) is 0 Å². The monoisotopic (exact) mass is 257 g/mol. The smallest absolute Gasteiger partial charge is 0.231 e. The van der Waals surface area contributed by atoms with Crippen molar-refractivity contribution in [1.29, 1.82) is 0 Å². The molecule has 1 aliphatic rings. The Labute approximate surface area is 113 Å². The number of hydrogen-bond acceptors (Lipinski definition) is 4. The second kappa shape index (κ2) is 4.78. The Bertz CT molecular complexity index is 548. The van der Waals surface area contributed by atoms with Crippen LogP contribution in [-0.4, -0.2) is 15.7 Å². The van der Waals surface area contributed by atoms with Crippen molar-refractivity contribution in [1.82, 2.24) is 10.1 Å². The zero-order valence-electron chi connectivity index (χ0n) is 11.2. The van der Waals surface area contributed by atoms with Crippen LogP contribution in [0.25, 0.3) is 11.4 Å². The van der Waals surface area contributed by atoms with Gasteiger partial charge in [0.25, 0.3) is 0 Å². The topological polar surface area (TPSA) is 64.9 Å². The van der Waals surface area contributed by atoms with Gasteiger partial charge in [-0.2, -0.15) is 4.98 Å². The molecule has 1 aromatic carbocycles. The Kier molecular flexibility index (Phi) is 3.11. The van der Waals surface area contributed by atoms with Crippen molar-refractivity contribution in [2.45, 2.75) is 44.1 Å². The summed E-state index contributed by atoms with van der Waals surface area (Å²) in [4.78, 5) is 4.54. The molecule has 0 spiro atoms. The van der Waals surface area contributed by atoms with Gasteiger partial charge in [0.1, 0.15) is 0 Å². The van der Waals surface area contributed by atoms with Gasteiger partial charge in [-0.3, -0.25) is 0 Å². The van der Waals surface area contributed by atoms with Crippen molar-refractivity contribution in [2.75, 3.05) is 0 Å². The third-order valence-corrected chi connectivity index (χ3v) is 4.03. The lowest BCUT2D eigenvalue weighted by Gasteiger charge is -2.35. The fourth-order valence-corrected chi connectivity index (χ4v) is 2.85. The Hall–Kier alpha value is -1.68. The number of nitrogens with two attached hydrogens (primary N) is 1. The number of rotatable bonds is 2. The molecule has 4 heteroatoms. The molecule has 100 valence electrons. The summed E-state index contributed by atoms with van der Waals surface area (Å²) in [5.74, 6) is 1.51. The van der Waals surface area contributed by atoms with Crippen LogP contribution in [0.2, 0.25) is 0 Å². The fourth-order valence-electron chi connectivity index (χ4n) is 2.85. The summed E-state index contributed by atoms with van der Waals surface area (Å²) >= 11 is 0. The van der Waals surface area contributed by atoms with Crippen LogP contribution in [0, 0.1) is 0 Å². The minimum absolute atomic E-state index is 0.172. The molecular formula is C15H19N3O. The average Bonchev–Trinajstić information content (AvgIpc) is 2.88. The molecule has 1 aromatic heterocycles. The molecule has 2 unspecified atom stereocenters. The molecule has 0 aliphatic heterocycles. The first-order valence-electron chi connectivity index (χ1n) is 6.85. The Balaban J connectivity index is 1.89. The second-order valence-electron chi connectivity index (χ2n) is 5.63. The van der Waals surface area contributed by atoms with E-state index in [-0.39, 0.29) is 11.5 Å². The molecule has 19 heavy (non-hydrogen) atoms. The van der Waals surface area contributed by atoms with Crippen molar-refractivity contribution in [2.24, 2.45) is 5.73 Å². The molecule has 4 nitrogen and oxygen atoms in total. The molecule has 2 atom stereocenters. The van der Waals surface area contributed by atoms with E-state index >= 15 is 0 Å². The third-order valence-electron chi connectivity index (χ3n) is 4.03. The minimum Gasteiger partial charge on any atom is -0.339 e. The van der Waals surface area contributed by atoms with Gasteiger partial charge in [0.2, 0.25) is 11.7 Å². The molecule has 1 saturated carbocycles. The molecule has 2 N–H and O–H groups in total. The zero-order chi connectivity index (χ0) is 13.3. The molecule has 1 heterocycles. The van der Waals surface area contributed by atoms with Gasteiger partial charge < -0.3 is 10.3 Å². The second-order valence-corrected chi connectivity index (χ2v) is 5.63. The quantitative estimate of drug-likeness (QED) is 0.897. The van der Waals surface area contributed by atoms with Crippen LogP contribution in [-0.2, 0) is 0 Å². The number of aromatic nitrogens is 2. The summed E-state index contributed by atoms with van der Waals surface area (Å²) in [6.45, 7) is 2.09. The number of hydrogen-bond donors (Lipinski definition) is 1. The SMILES string of the molecule is CC1(N)CCCCC1c1nc(-c2ccccc2)no1. The molecule has 0 amide bonds. The highest BCUT2D eigenvalue weighted by atomic mass is 16.5. The van der Waals surface area contributed by atoms with Gasteiger partial charge in [-0.25, -0.2) is 0 Å². The van der Waals surface area contributed by atoms with Crippen LogP contribution in [0.4, 0.5) is 0 Å². The number of benzene rings is 1. The molecule has 0 radical (unpaired) electrons. The van der Waals surface area contributed by atoms with E-state index < -0.39 is 0 Å². The van der Waals surface area contributed by atoms with Crippen molar-refractivity contribution in [3.05, 3.63) is 36.2 Å². The number of nitrogens with zero attached hydrogens (tertiary/aromatic N) is 2. The zero-order valence-corrected chi connectivity index (χ0v) is 11.2. The van der Waals surface area contributed by atoms with Crippen LogP contribution < -0.4 is 5.73 Å². The standard InChI is InChI=1S/C15H19N3O/c1-15(16)10-6-5-9-12(15)14-17-13(18-19-14)11-7-3-2-4-8-11/h2-4,7-8,12H,5-6,9-10,16H2,1H3. The summed E-state index contributed by atoms with van der Waals surface area (Å²) in [7, 11) is 0. The Morgan fingerprint density at radius 3 is 2.79 bits per heavy atom. The van der Waals surface area contributed by atoms with E-state index in [4.69, 9.17) is 10.3 Å². The summed E-state index contributed by atoms with van der Waals surface area (Å²) < 4.78 is 5.45. The summed E-state index contributed by atoms with van der Waals surface area (Å²) in [5.41, 5.74) is 7.12. The van der Waals surface area contributed by atoms with Gasteiger partial charge >= 0.3 is 0 Å². The lowest BCUT2D eigenvalue weighted by Crippen LogP contribution is -2.44. The lowest BCUT2D eigenvalue weighted by molar-refractivity contribution is 0.223. The van der Waals surface area contributed by atoms with Crippen LogP contribution in [0.3, 0.4) is 0 Å². The van der Waals surface area contributed by atoms with E-state index in [9.17, 15) is 0 Å². The maximum atomic E-state index is 6.37. The van der Waals surface area contributed by atoms with Crippen LogP contribution in [0.15, 0.2) is 34.9 Å². The van der Waals surface area contributed by atoms with Gasteiger partial charge in [0, 0.05) is 11.1 Å². The van der Waals surface area contributed by atoms with Crippen molar-refractivity contribution < 1.29 is 4.52 Å². The van der Waals surface area contributed by atoms with Crippen molar-refractivity contribution in [3.63, 3.8) is 0 Å². The molecule has 1 fully saturated rings. The highest BCUT2D eigenvalue weighted by Gasteiger charge is 2.37. The summed E-state index contributed by atoms with van der Waals surface area (Å²) in [5, 5.41) is 4.09. The van der Waals surface area contributed by atoms with E-state index in [1.807, 2.05) is 30.3 Å². The van der Waals surface area contributed by atoms with E-state index in [2.05, 4.69) is 17.1 Å². The van der Waals surface area contributed by atoms with Crippen molar-refractivity contribution in [3.8, 4) is 11.4 Å². The third kappa shape index (κ3) is 2.40.